The highest BCUT2D eigenvalue weighted by molar-refractivity contribution is 7.89. The average Bonchev–Trinajstić information content (AvgIpc) is 2.83. The average molecular weight is 303 g/mol. The van der Waals surface area contributed by atoms with Gasteiger partial charge in [-0.05, 0) is 29.6 Å². The Morgan fingerprint density at radius 1 is 1.33 bits per heavy atom. The summed E-state index contributed by atoms with van der Waals surface area (Å²) in [7, 11) is -3.64. The molecule has 1 heterocycles. The van der Waals surface area contributed by atoms with Crippen LogP contribution in [0.3, 0.4) is 0 Å². The van der Waals surface area contributed by atoms with Crippen LogP contribution in [0.25, 0.3) is 0 Å². The Hall–Kier alpha value is -1.08. The molecule has 0 amide bonds. The molecule has 0 atom stereocenters. The van der Waals surface area contributed by atoms with Crippen LogP contribution in [0.5, 0.6) is 0 Å². The van der Waals surface area contributed by atoms with Gasteiger partial charge in [0.2, 0.25) is 10.0 Å². The van der Waals surface area contributed by atoms with Crippen molar-refractivity contribution in [3.05, 3.63) is 45.6 Å². The van der Waals surface area contributed by atoms with Crippen molar-refractivity contribution in [2.24, 2.45) is 0 Å². The van der Waals surface area contributed by atoms with Crippen molar-refractivity contribution in [3.63, 3.8) is 0 Å². The van der Waals surface area contributed by atoms with Crippen LogP contribution in [0.2, 0.25) is 5.02 Å². The highest BCUT2D eigenvalue weighted by atomic mass is 35.5. The molecule has 18 heavy (non-hydrogen) atoms. The first-order valence-corrected chi connectivity index (χ1v) is 7.80. The summed E-state index contributed by atoms with van der Waals surface area (Å²) in [6.45, 7) is 0.241. The number of benzene rings is 1. The molecule has 0 radical (unpaired) electrons. The van der Waals surface area contributed by atoms with Gasteiger partial charge < -0.3 is 5.73 Å². The van der Waals surface area contributed by atoms with E-state index in [4.69, 9.17) is 17.3 Å². The smallest absolute Gasteiger partial charge is 0.242 e. The summed E-state index contributed by atoms with van der Waals surface area (Å²) in [6, 6.07) is 8.09. The van der Waals surface area contributed by atoms with Gasteiger partial charge in [0.05, 0.1) is 5.02 Å². The van der Waals surface area contributed by atoms with E-state index in [1.807, 2.05) is 17.5 Å². The molecule has 3 N–H and O–H groups in total. The minimum Gasteiger partial charge on any atom is -0.399 e. The van der Waals surface area contributed by atoms with E-state index in [1.54, 1.807) is 6.07 Å². The van der Waals surface area contributed by atoms with Gasteiger partial charge in [-0.2, -0.15) is 0 Å². The fourth-order valence-electron chi connectivity index (χ4n) is 1.38. The lowest BCUT2D eigenvalue weighted by atomic mass is 10.3. The predicted octanol–water partition coefficient (Wildman–Crippen LogP) is 2.46. The number of nitrogens with two attached hydrogens (primary N) is 1. The van der Waals surface area contributed by atoms with E-state index in [0.29, 0.717) is 5.69 Å². The quantitative estimate of drug-likeness (QED) is 0.852. The lowest BCUT2D eigenvalue weighted by Crippen LogP contribution is -2.23. The Morgan fingerprint density at radius 3 is 2.78 bits per heavy atom. The molecular weight excluding hydrogens is 292 g/mol. The third-order valence-corrected chi connectivity index (χ3v) is 5.02. The summed E-state index contributed by atoms with van der Waals surface area (Å²) < 4.78 is 26.6. The van der Waals surface area contributed by atoms with Crippen molar-refractivity contribution in [1.29, 1.82) is 0 Å². The van der Waals surface area contributed by atoms with Crippen LogP contribution in [0, 0.1) is 0 Å². The van der Waals surface area contributed by atoms with Crippen molar-refractivity contribution in [2.75, 3.05) is 5.73 Å². The molecule has 0 unspecified atom stereocenters. The van der Waals surface area contributed by atoms with Crippen LogP contribution in [-0.2, 0) is 16.6 Å². The number of nitrogen functional groups attached to an aromatic ring is 1. The summed E-state index contributed by atoms with van der Waals surface area (Å²) in [5.41, 5.74) is 5.92. The summed E-state index contributed by atoms with van der Waals surface area (Å²) in [5.74, 6) is 0. The summed E-state index contributed by atoms with van der Waals surface area (Å²) >= 11 is 7.35. The second-order valence-electron chi connectivity index (χ2n) is 3.59. The molecule has 1 aromatic heterocycles. The van der Waals surface area contributed by atoms with E-state index >= 15 is 0 Å². The van der Waals surface area contributed by atoms with E-state index in [1.165, 1.54) is 23.5 Å². The molecule has 0 aliphatic heterocycles. The molecule has 4 nitrogen and oxygen atoms in total. The molecule has 96 valence electrons. The van der Waals surface area contributed by atoms with Crippen molar-refractivity contribution >= 4 is 38.6 Å². The third kappa shape index (κ3) is 3.02. The van der Waals surface area contributed by atoms with Crippen LogP contribution in [0.4, 0.5) is 5.69 Å². The number of thiophene rings is 1. The Labute approximate surface area is 114 Å². The third-order valence-electron chi connectivity index (χ3n) is 2.26. The van der Waals surface area contributed by atoms with Crippen LogP contribution in [0.15, 0.2) is 40.6 Å². The zero-order valence-corrected chi connectivity index (χ0v) is 11.6. The minimum atomic E-state index is -3.64. The van der Waals surface area contributed by atoms with E-state index in [2.05, 4.69) is 4.72 Å². The van der Waals surface area contributed by atoms with Gasteiger partial charge in [0.25, 0.3) is 0 Å². The Morgan fingerprint density at radius 2 is 2.11 bits per heavy atom. The van der Waals surface area contributed by atoms with Gasteiger partial charge in [0.15, 0.2) is 0 Å². The molecule has 0 fully saturated rings. The number of nitrogens with one attached hydrogen (secondary N) is 1. The van der Waals surface area contributed by atoms with Crippen molar-refractivity contribution in [1.82, 2.24) is 4.72 Å². The fourth-order valence-corrected chi connectivity index (χ4v) is 3.66. The first kappa shape index (κ1) is 13.4. The molecule has 0 saturated carbocycles. The van der Waals surface area contributed by atoms with Gasteiger partial charge in [0, 0.05) is 17.1 Å². The summed E-state index contributed by atoms with van der Waals surface area (Å²) in [4.78, 5) is 0.930. The molecule has 0 bridgehead atoms. The zero-order chi connectivity index (χ0) is 13.2. The molecule has 0 saturated heterocycles. The number of hydrogen-bond acceptors (Lipinski definition) is 4. The lowest BCUT2D eigenvalue weighted by Gasteiger charge is -2.08. The highest BCUT2D eigenvalue weighted by Crippen LogP contribution is 2.23. The number of rotatable bonds is 4. The Bertz CT molecular complexity index is 639. The monoisotopic (exact) mass is 302 g/mol. The number of sulfonamides is 1. The molecule has 1 aromatic carbocycles. The maximum atomic E-state index is 12.1. The molecule has 0 aliphatic rings. The van der Waals surface area contributed by atoms with Gasteiger partial charge in [-0.25, -0.2) is 13.1 Å². The Kier molecular flexibility index (Phi) is 3.91. The fraction of sp³-hybridized carbons (Fsp3) is 0.0909. The zero-order valence-electron chi connectivity index (χ0n) is 9.26. The standard InChI is InChI=1S/C11H11ClN2O2S2/c12-10-4-3-8(13)6-11(10)18(15,16)14-7-9-2-1-5-17-9/h1-6,14H,7,13H2. The van der Waals surface area contributed by atoms with Crippen LogP contribution < -0.4 is 10.5 Å². The van der Waals surface area contributed by atoms with Crippen LogP contribution in [0.1, 0.15) is 4.88 Å². The summed E-state index contributed by atoms with van der Waals surface area (Å²) in [5, 5.41) is 2.04. The van der Waals surface area contributed by atoms with E-state index in [9.17, 15) is 8.42 Å². The topological polar surface area (TPSA) is 72.2 Å². The van der Waals surface area contributed by atoms with E-state index < -0.39 is 10.0 Å². The maximum absolute atomic E-state index is 12.1. The number of halogens is 1. The van der Waals surface area contributed by atoms with Crippen molar-refractivity contribution < 1.29 is 8.42 Å². The second kappa shape index (κ2) is 5.27. The Balaban J connectivity index is 2.22. The van der Waals surface area contributed by atoms with E-state index in [-0.39, 0.29) is 16.5 Å². The van der Waals surface area contributed by atoms with Crippen LogP contribution in [-0.4, -0.2) is 8.42 Å². The second-order valence-corrected chi connectivity index (χ2v) is 6.77. The molecule has 2 rings (SSSR count). The van der Waals surface area contributed by atoms with Crippen LogP contribution >= 0.6 is 22.9 Å². The first-order valence-electron chi connectivity index (χ1n) is 5.06. The largest absolute Gasteiger partial charge is 0.399 e. The molecule has 2 aromatic rings. The number of anilines is 1. The van der Waals surface area contributed by atoms with Gasteiger partial charge in [-0.1, -0.05) is 17.7 Å². The van der Waals surface area contributed by atoms with Gasteiger partial charge >= 0.3 is 0 Å². The van der Waals surface area contributed by atoms with Gasteiger partial charge in [-0.3, -0.25) is 0 Å². The van der Waals surface area contributed by atoms with Gasteiger partial charge in [0.1, 0.15) is 4.90 Å². The van der Waals surface area contributed by atoms with Gasteiger partial charge in [-0.15, -0.1) is 11.3 Å². The molecular formula is C11H11ClN2O2S2. The van der Waals surface area contributed by atoms with Crippen molar-refractivity contribution in [2.45, 2.75) is 11.4 Å². The SMILES string of the molecule is Nc1ccc(Cl)c(S(=O)(=O)NCc2cccs2)c1. The first-order chi connectivity index (χ1) is 8.49. The van der Waals surface area contributed by atoms with Crippen molar-refractivity contribution in [3.8, 4) is 0 Å². The predicted molar refractivity (Wildman–Crippen MR) is 74.2 cm³/mol. The molecule has 7 heteroatoms. The summed E-state index contributed by atoms with van der Waals surface area (Å²) in [6.07, 6.45) is 0. The normalized spacial score (nSPS) is 11.6. The van der Waals surface area contributed by atoms with E-state index in [0.717, 1.165) is 4.88 Å². The highest BCUT2D eigenvalue weighted by Gasteiger charge is 2.17. The molecule has 0 aliphatic carbocycles. The number of hydrogen-bond donors (Lipinski definition) is 2. The molecule has 0 spiro atoms. The maximum Gasteiger partial charge on any atom is 0.242 e. The minimum absolute atomic E-state index is 0.000669. The lowest BCUT2D eigenvalue weighted by molar-refractivity contribution is 0.582.